The molecule has 2 aliphatic rings. The zero-order chi connectivity index (χ0) is 8.01. The van der Waals surface area contributed by atoms with E-state index in [1.165, 1.54) is 0 Å². The molecular formula is C7H13NO3. The van der Waals surface area contributed by atoms with Gasteiger partial charge in [-0.2, -0.15) is 0 Å². The number of likely N-dealkylation sites (tertiary alicyclic amines) is 1. The van der Waals surface area contributed by atoms with Crippen molar-refractivity contribution in [3.05, 3.63) is 0 Å². The van der Waals surface area contributed by atoms with E-state index in [1.54, 1.807) is 0 Å². The maximum Gasteiger partial charge on any atom is 0.110 e. The Bertz CT molecular complexity index is 144. The summed E-state index contributed by atoms with van der Waals surface area (Å²) in [6.07, 6.45) is -1.75. The van der Waals surface area contributed by atoms with Gasteiger partial charge < -0.3 is 19.8 Å². The molecular weight excluding hydrogens is 146 g/mol. The van der Waals surface area contributed by atoms with Gasteiger partial charge in [0.2, 0.25) is 0 Å². The Hall–Kier alpha value is -0.160. The molecule has 2 fully saturated rings. The standard InChI is InChI=1S/C7H13NO3/c1-8-2-4-6(9)7(10)5(3-8)11-4/h4-7,9-10H,2-3H2,1H3. The Morgan fingerprint density at radius 3 is 2.09 bits per heavy atom. The third-order valence-corrected chi connectivity index (χ3v) is 2.44. The number of likely N-dealkylation sites (N-methyl/N-ethyl adjacent to an activating group) is 1. The second-order valence-electron chi connectivity index (χ2n) is 3.42. The quantitative estimate of drug-likeness (QED) is 0.448. The molecule has 64 valence electrons. The Balaban J connectivity index is 2.13. The summed E-state index contributed by atoms with van der Waals surface area (Å²) in [5.41, 5.74) is 0. The lowest BCUT2D eigenvalue weighted by Crippen LogP contribution is -2.42. The van der Waals surface area contributed by atoms with E-state index in [0.717, 1.165) is 0 Å². The highest BCUT2D eigenvalue weighted by atomic mass is 16.5. The van der Waals surface area contributed by atoms with Gasteiger partial charge in [-0.05, 0) is 7.05 Å². The lowest BCUT2D eigenvalue weighted by Gasteiger charge is -2.28. The van der Waals surface area contributed by atoms with Gasteiger partial charge in [0.25, 0.3) is 0 Å². The number of aliphatic hydroxyl groups is 2. The normalized spacial score (nSPS) is 51.5. The van der Waals surface area contributed by atoms with Crippen molar-refractivity contribution in [1.82, 2.24) is 4.90 Å². The molecule has 0 saturated carbocycles. The van der Waals surface area contributed by atoms with Gasteiger partial charge in [-0.25, -0.2) is 0 Å². The van der Waals surface area contributed by atoms with E-state index in [1.807, 2.05) is 7.05 Å². The second kappa shape index (κ2) is 2.42. The van der Waals surface area contributed by atoms with E-state index in [9.17, 15) is 10.2 Å². The molecule has 4 nitrogen and oxygen atoms in total. The summed E-state index contributed by atoms with van der Waals surface area (Å²) in [5.74, 6) is 0. The maximum atomic E-state index is 9.38. The number of aliphatic hydroxyl groups excluding tert-OH is 2. The summed E-state index contributed by atoms with van der Waals surface area (Å²) in [5, 5.41) is 18.8. The first-order valence-electron chi connectivity index (χ1n) is 3.88. The van der Waals surface area contributed by atoms with Crippen LogP contribution in [0.4, 0.5) is 0 Å². The predicted octanol–water partition coefficient (Wildman–Crippen LogP) is -1.58. The number of hydrogen-bond acceptors (Lipinski definition) is 4. The first-order chi connectivity index (χ1) is 5.18. The fourth-order valence-electron chi connectivity index (χ4n) is 1.82. The smallest absolute Gasteiger partial charge is 0.110 e. The van der Waals surface area contributed by atoms with Crippen LogP contribution in [0.2, 0.25) is 0 Å². The van der Waals surface area contributed by atoms with E-state index in [0.29, 0.717) is 13.1 Å². The van der Waals surface area contributed by atoms with Crippen LogP contribution >= 0.6 is 0 Å². The van der Waals surface area contributed by atoms with Crippen molar-refractivity contribution in [2.24, 2.45) is 0 Å². The third kappa shape index (κ3) is 1.06. The lowest BCUT2D eigenvalue weighted by atomic mass is 10.1. The molecule has 0 aliphatic carbocycles. The van der Waals surface area contributed by atoms with Crippen molar-refractivity contribution in [2.75, 3.05) is 20.1 Å². The highest BCUT2D eigenvalue weighted by Gasteiger charge is 2.46. The molecule has 4 unspecified atom stereocenters. The first kappa shape index (κ1) is 7.49. The topological polar surface area (TPSA) is 52.9 Å². The Kier molecular flexibility index (Phi) is 1.64. The van der Waals surface area contributed by atoms with Crippen LogP contribution < -0.4 is 0 Å². The van der Waals surface area contributed by atoms with Crippen LogP contribution in [0.5, 0.6) is 0 Å². The highest BCUT2D eigenvalue weighted by Crippen LogP contribution is 2.26. The molecule has 11 heavy (non-hydrogen) atoms. The van der Waals surface area contributed by atoms with Gasteiger partial charge in [-0.15, -0.1) is 0 Å². The molecule has 2 N–H and O–H groups in total. The van der Waals surface area contributed by atoms with Gasteiger partial charge in [0.1, 0.15) is 12.2 Å². The van der Waals surface area contributed by atoms with E-state index in [2.05, 4.69) is 4.90 Å². The Labute approximate surface area is 65.4 Å². The van der Waals surface area contributed by atoms with Gasteiger partial charge in [0, 0.05) is 13.1 Å². The largest absolute Gasteiger partial charge is 0.388 e. The number of fused-ring (bicyclic) bond motifs is 2. The Morgan fingerprint density at radius 2 is 1.64 bits per heavy atom. The van der Waals surface area contributed by atoms with Crippen LogP contribution in [0, 0.1) is 0 Å². The number of nitrogens with zero attached hydrogens (tertiary/aromatic N) is 1. The Morgan fingerprint density at radius 1 is 1.18 bits per heavy atom. The summed E-state index contributed by atoms with van der Waals surface area (Å²) in [6, 6.07) is 0. The van der Waals surface area contributed by atoms with Crippen molar-refractivity contribution >= 4 is 0 Å². The minimum Gasteiger partial charge on any atom is -0.388 e. The highest BCUT2D eigenvalue weighted by molar-refractivity contribution is 4.96. The monoisotopic (exact) mass is 159 g/mol. The van der Waals surface area contributed by atoms with Crippen molar-refractivity contribution in [1.29, 1.82) is 0 Å². The second-order valence-corrected chi connectivity index (χ2v) is 3.42. The van der Waals surface area contributed by atoms with E-state index in [-0.39, 0.29) is 12.2 Å². The average Bonchev–Trinajstić information content (AvgIpc) is 2.16. The number of hydrogen-bond donors (Lipinski definition) is 2. The molecule has 0 aromatic carbocycles. The van der Waals surface area contributed by atoms with Gasteiger partial charge in [-0.3, -0.25) is 0 Å². The van der Waals surface area contributed by atoms with Crippen LogP contribution in [0.3, 0.4) is 0 Å². The van der Waals surface area contributed by atoms with Gasteiger partial charge in [0.15, 0.2) is 0 Å². The van der Waals surface area contributed by atoms with Crippen LogP contribution in [0.25, 0.3) is 0 Å². The fourth-order valence-corrected chi connectivity index (χ4v) is 1.82. The number of rotatable bonds is 0. The molecule has 0 spiro atoms. The van der Waals surface area contributed by atoms with Crippen molar-refractivity contribution in [3.63, 3.8) is 0 Å². The summed E-state index contributed by atoms with van der Waals surface area (Å²) in [4.78, 5) is 2.07. The molecule has 0 aromatic heterocycles. The van der Waals surface area contributed by atoms with E-state index >= 15 is 0 Å². The predicted molar refractivity (Wildman–Crippen MR) is 38.2 cm³/mol. The average molecular weight is 159 g/mol. The molecule has 0 aromatic rings. The molecule has 2 bridgehead atoms. The molecule has 4 atom stereocenters. The lowest BCUT2D eigenvalue weighted by molar-refractivity contribution is -0.0566. The molecule has 2 aliphatic heterocycles. The van der Waals surface area contributed by atoms with E-state index in [4.69, 9.17) is 4.74 Å². The molecule has 2 saturated heterocycles. The molecule has 4 heteroatoms. The van der Waals surface area contributed by atoms with Crippen LogP contribution in [0.1, 0.15) is 0 Å². The van der Waals surface area contributed by atoms with Crippen LogP contribution in [-0.4, -0.2) is 59.7 Å². The molecule has 2 heterocycles. The molecule has 0 radical (unpaired) electrons. The minimum atomic E-state index is -0.690. The van der Waals surface area contributed by atoms with Gasteiger partial charge in [-0.1, -0.05) is 0 Å². The third-order valence-electron chi connectivity index (χ3n) is 2.44. The summed E-state index contributed by atoms with van der Waals surface area (Å²) < 4.78 is 5.35. The zero-order valence-corrected chi connectivity index (χ0v) is 6.47. The van der Waals surface area contributed by atoms with E-state index < -0.39 is 12.2 Å². The van der Waals surface area contributed by atoms with Gasteiger partial charge >= 0.3 is 0 Å². The number of ether oxygens (including phenoxy) is 1. The van der Waals surface area contributed by atoms with Gasteiger partial charge in [0.05, 0.1) is 12.2 Å². The van der Waals surface area contributed by atoms with Crippen LogP contribution in [-0.2, 0) is 4.74 Å². The minimum absolute atomic E-state index is 0.186. The maximum absolute atomic E-state index is 9.38. The summed E-state index contributed by atoms with van der Waals surface area (Å²) in [6.45, 7) is 1.43. The van der Waals surface area contributed by atoms with Crippen molar-refractivity contribution in [2.45, 2.75) is 24.4 Å². The zero-order valence-electron chi connectivity index (χ0n) is 6.47. The SMILES string of the molecule is CN1CC2OC(C1)C(O)C2O. The number of morpholine rings is 1. The fraction of sp³-hybridized carbons (Fsp3) is 1.00. The van der Waals surface area contributed by atoms with Crippen molar-refractivity contribution < 1.29 is 14.9 Å². The van der Waals surface area contributed by atoms with Crippen molar-refractivity contribution in [3.8, 4) is 0 Å². The summed E-state index contributed by atoms with van der Waals surface area (Å²) >= 11 is 0. The molecule has 2 rings (SSSR count). The summed E-state index contributed by atoms with van der Waals surface area (Å²) in [7, 11) is 1.97. The first-order valence-corrected chi connectivity index (χ1v) is 3.88. The molecule has 0 amide bonds. The van der Waals surface area contributed by atoms with Crippen LogP contribution in [0.15, 0.2) is 0 Å².